The van der Waals surface area contributed by atoms with Gasteiger partial charge in [0, 0.05) is 24.8 Å². The van der Waals surface area contributed by atoms with Gasteiger partial charge in [-0.25, -0.2) is 4.98 Å². The summed E-state index contributed by atoms with van der Waals surface area (Å²) in [6.45, 7) is 2.01. The zero-order chi connectivity index (χ0) is 14.7. The highest BCUT2D eigenvalue weighted by molar-refractivity contribution is 5.37. The van der Waals surface area contributed by atoms with Crippen molar-refractivity contribution >= 4 is 11.9 Å². The molecule has 0 saturated heterocycles. The number of pyridine rings is 1. The van der Waals surface area contributed by atoms with Crippen LogP contribution >= 0.6 is 0 Å². The molecule has 0 radical (unpaired) electrons. The highest BCUT2D eigenvalue weighted by atomic mass is 15.3. The average Bonchev–Trinajstić information content (AvgIpc) is 3.02. The second-order valence-electron chi connectivity index (χ2n) is 4.43. The summed E-state index contributed by atoms with van der Waals surface area (Å²) in [6, 6.07) is 3.88. The summed E-state index contributed by atoms with van der Waals surface area (Å²) in [5, 5.41) is 3.20. The number of hydrogen-bond acceptors (Lipinski definition) is 7. The van der Waals surface area contributed by atoms with E-state index in [-0.39, 0.29) is 12.0 Å². The van der Waals surface area contributed by atoms with E-state index in [1.165, 1.54) is 0 Å². The Hall–Kier alpha value is -3.03. The molecule has 0 saturated carbocycles. The van der Waals surface area contributed by atoms with Crippen molar-refractivity contribution < 1.29 is 0 Å². The van der Waals surface area contributed by atoms with Crippen molar-refractivity contribution in [1.82, 2.24) is 29.5 Å². The fraction of sp³-hybridized carbons (Fsp3) is 0.154. The van der Waals surface area contributed by atoms with Crippen molar-refractivity contribution in [3.63, 3.8) is 0 Å². The van der Waals surface area contributed by atoms with Crippen molar-refractivity contribution in [3.8, 4) is 5.95 Å². The second kappa shape index (κ2) is 5.53. The molecule has 8 heteroatoms. The van der Waals surface area contributed by atoms with Gasteiger partial charge < -0.3 is 11.1 Å². The third-order valence-electron chi connectivity index (χ3n) is 2.93. The van der Waals surface area contributed by atoms with Gasteiger partial charge in [-0.15, -0.1) is 0 Å². The zero-order valence-electron chi connectivity index (χ0n) is 11.4. The molecule has 0 bridgehead atoms. The first-order valence-electron chi connectivity index (χ1n) is 6.39. The van der Waals surface area contributed by atoms with E-state index in [0.29, 0.717) is 11.9 Å². The van der Waals surface area contributed by atoms with Crippen molar-refractivity contribution in [1.29, 1.82) is 0 Å². The van der Waals surface area contributed by atoms with Crippen molar-refractivity contribution in [2.24, 2.45) is 0 Å². The lowest BCUT2D eigenvalue weighted by Crippen LogP contribution is -2.13. The Morgan fingerprint density at radius 3 is 2.62 bits per heavy atom. The molecule has 0 amide bonds. The molecule has 21 heavy (non-hydrogen) atoms. The molecule has 3 N–H and O–H groups in total. The first-order chi connectivity index (χ1) is 10.2. The van der Waals surface area contributed by atoms with Gasteiger partial charge in [-0.3, -0.25) is 9.55 Å². The smallest absolute Gasteiger partial charge is 0.241 e. The van der Waals surface area contributed by atoms with E-state index in [0.717, 1.165) is 5.56 Å². The molecule has 1 atom stereocenters. The Balaban J connectivity index is 1.86. The molecule has 3 aromatic rings. The monoisotopic (exact) mass is 282 g/mol. The molecular weight excluding hydrogens is 268 g/mol. The lowest BCUT2D eigenvalue weighted by Gasteiger charge is -2.14. The van der Waals surface area contributed by atoms with Crippen LogP contribution in [-0.2, 0) is 0 Å². The van der Waals surface area contributed by atoms with Gasteiger partial charge >= 0.3 is 0 Å². The maximum absolute atomic E-state index is 5.73. The van der Waals surface area contributed by atoms with Gasteiger partial charge in [-0.05, 0) is 24.6 Å². The van der Waals surface area contributed by atoms with Crippen LogP contribution in [0.25, 0.3) is 5.95 Å². The molecule has 0 aliphatic carbocycles. The van der Waals surface area contributed by atoms with Crippen molar-refractivity contribution in [3.05, 3.63) is 48.8 Å². The van der Waals surface area contributed by atoms with E-state index >= 15 is 0 Å². The summed E-state index contributed by atoms with van der Waals surface area (Å²) in [7, 11) is 0. The number of nitrogens with one attached hydrogen (secondary N) is 1. The van der Waals surface area contributed by atoms with E-state index < -0.39 is 0 Å². The van der Waals surface area contributed by atoms with E-state index in [1.807, 2.05) is 19.1 Å². The summed E-state index contributed by atoms with van der Waals surface area (Å²) in [6.07, 6.45) is 8.47. The second-order valence-corrected chi connectivity index (χ2v) is 4.43. The molecule has 0 spiro atoms. The molecule has 3 heterocycles. The minimum Gasteiger partial charge on any atom is -0.368 e. The van der Waals surface area contributed by atoms with E-state index in [2.05, 4.69) is 30.2 Å². The average molecular weight is 282 g/mol. The van der Waals surface area contributed by atoms with Gasteiger partial charge in [0.15, 0.2) is 0 Å². The largest absolute Gasteiger partial charge is 0.368 e. The minimum atomic E-state index is 0.0189. The van der Waals surface area contributed by atoms with E-state index in [9.17, 15) is 0 Å². The number of rotatable bonds is 4. The molecular formula is C13H14N8. The van der Waals surface area contributed by atoms with Gasteiger partial charge in [0.05, 0.1) is 6.04 Å². The van der Waals surface area contributed by atoms with Gasteiger partial charge in [0.25, 0.3) is 0 Å². The standard InChI is InChI=1S/C13H14N8/c1-9(10-2-4-15-5-3-10)17-12-18-11(14)19-13(20-12)21-7-6-16-8-21/h2-9H,1H3,(H3,14,17,18,19,20). The summed E-state index contributed by atoms with van der Waals surface area (Å²) < 4.78 is 1.67. The lowest BCUT2D eigenvalue weighted by atomic mass is 10.1. The third-order valence-corrected chi connectivity index (χ3v) is 2.93. The number of imidazole rings is 1. The van der Waals surface area contributed by atoms with Crippen LogP contribution in [-0.4, -0.2) is 29.5 Å². The molecule has 3 rings (SSSR count). The Morgan fingerprint density at radius 1 is 1.10 bits per heavy atom. The van der Waals surface area contributed by atoms with E-state index in [1.54, 1.807) is 35.7 Å². The molecule has 1 unspecified atom stereocenters. The molecule has 0 aliphatic heterocycles. The quantitative estimate of drug-likeness (QED) is 0.740. The molecule has 8 nitrogen and oxygen atoms in total. The molecule has 0 aromatic carbocycles. The topological polar surface area (TPSA) is 107 Å². The minimum absolute atomic E-state index is 0.0189. The van der Waals surface area contributed by atoms with Crippen LogP contribution in [0, 0.1) is 0 Å². The predicted octanol–water partition coefficient (Wildman–Crippen LogP) is 1.21. The van der Waals surface area contributed by atoms with Gasteiger partial charge in [-0.2, -0.15) is 15.0 Å². The summed E-state index contributed by atoms with van der Waals surface area (Å²) in [5.74, 6) is 0.984. The highest BCUT2D eigenvalue weighted by Gasteiger charge is 2.10. The normalized spacial score (nSPS) is 12.0. The fourth-order valence-corrected chi connectivity index (χ4v) is 1.87. The van der Waals surface area contributed by atoms with Gasteiger partial charge in [0.2, 0.25) is 17.8 Å². The predicted molar refractivity (Wildman–Crippen MR) is 77.6 cm³/mol. The number of nitrogen functional groups attached to an aromatic ring is 1. The van der Waals surface area contributed by atoms with Crippen LogP contribution in [0.4, 0.5) is 11.9 Å². The molecule has 0 fully saturated rings. The van der Waals surface area contributed by atoms with Crippen LogP contribution in [0.5, 0.6) is 0 Å². The van der Waals surface area contributed by atoms with Gasteiger partial charge in [-0.1, -0.05) is 0 Å². The zero-order valence-corrected chi connectivity index (χ0v) is 11.4. The highest BCUT2D eigenvalue weighted by Crippen LogP contribution is 2.16. The Morgan fingerprint density at radius 2 is 1.90 bits per heavy atom. The Labute approximate surface area is 121 Å². The Kier molecular flexibility index (Phi) is 3.42. The van der Waals surface area contributed by atoms with Crippen LogP contribution in [0.15, 0.2) is 43.2 Å². The number of aromatic nitrogens is 6. The molecule has 3 aromatic heterocycles. The summed E-state index contributed by atoms with van der Waals surface area (Å²) >= 11 is 0. The van der Waals surface area contributed by atoms with Crippen LogP contribution in [0.1, 0.15) is 18.5 Å². The maximum Gasteiger partial charge on any atom is 0.241 e. The SMILES string of the molecule is CC(Nc1nc(N)nc(-n2ccnc2)n1)c1ccncc1. The maximum atomic E-state index is 5.73. The van der Waals surface area contributed by atoms with E-state index in [4.69, 9.17) is 5.73 Å². The lowest BCUT2D eigenvalue weighted by molar-refractivity contribution is 0.835. The van der Waals surface area contributed by atoms with Crippen LogP contribution in [0.2, 0.25) is 0 Å². The van der Waals surface area contributed by atoms with Gasteiger partial charge in [0.1, 0.15) is 6.33 Å². The number of nitrogens with zero attached hydrogens (tertiary/aromatic N) is 6. The number of nitrogens with two attached hydrogens (primary N) is 1. The van der Waals surface area contributed by atoms with Crippen LogP contribution < -0.4 is 11.1 Å². The first-order valence-corrected chi connectivity index (χ1v) is 6.39. The summed E-state index contributed by atoms with van der Waals surface area (Å²) in [5.41, 5.74) is 6.81. The van der Waals surface area contributed by atoms with Crippen LogP contribution in [0.3, 0.4) is 0 Å². The van der Waals surface area contributed by atoms with Crippen molar-refractivity contribution in [2.75, 3.05) is 11.1 Å². The first kappa shape index (κ1) is 13.0. The molecule has 106 valence electrons. The Bertz CT molecular complexity index is 710. The third kappa shape index (κ3) is 2.94. The number of anilines is 2. The number of hydrogen-bond donors (Lipinski definition) is 2. The molecule has 0 aliphatic rings. The fourth-order valence-electron chi connectivity index (χ4n) is 1.87. The summed E-state index contributed by atoms with van der Waals surface area (Å²) in [4.78, 5) is 20.5. The van der Waals surface area contributed by atoms with Crippen molar-refractivity contribution in [2.45, 2.75) is 13.0 Å².